The molecule has 0 aliphatic carbocycles. The van der Waals surface area contributed by atoms with Crippen molar-refractivity contribution in [2.24, 2.45) is 0 Å². The monoisotopic (exact) mass is 275 g/mol. The van der Waals surface area contributed by atoms with Crippen molar-refractivity contribution in [3.05, 3.63) is 47.9 Å². The average Bonchev–Trinajstić information content (AvgIpc) is 2.45. The van der Waals surface area contributed by atoms with Crippen LogP contribution in [0.2, 0.25) is 0 Å². The number of halogens is 1. The molecule has 106 valence electrons. The first-order valence-corrected chi connectivity index (χ1v) is 6.30. The van der Waals surface area contributed by atoms with Crippen molar-refractivity contribution in [1.82, 2.24) is 4.98 Å². The molecule has 2 aromatic rings. The van der Waals surface area contributed by atoms with E-state index in [0.29, 0.717) is 6.54 Å². The summed E-state index contributed by atoms with van der Waals surface area (Å²) in [5, 5.41) is 3.20. The van der Waals surface area contributed by atoms with Gasteiger partial charge in [0.1, 0.15) is 5.82 Å². The van der Waals surface area contributed by atoms with Crippen LogP contribution < -0.4 is 15.0 Å². The van der Waals surface area contributed by atoms with Crippen LogP contribution in [0.3, 0.4) is 0 Å². The van der Waals surface area contributed by atoms with Crippen molar-refractivity contribution in [3.63, 3.8) is 0 Å². The van der Waals surface area contributed by atoms with Gasteiger partial charge in [0.05, 0.1) is 19.0 Å². The van der Waals surface area contributed by atoms with Gasteiger partial charge in [-0.1, -0.05) is 6.07 Å². The molecule has 0 spiro atoms. The van der Waals surface area contributed by atoms with Gasteiger partial charge in [-0.3, -0.25) is 0 Å². The molecule has 0 bridgehead atoms. The molecule has 0 aliphatic heterocycles. The van der Waals surface area contributed by atoms with E-state index in [2.05, 4.69) is 10.3 Å². The lowest BCUT2D eigenvalue weighted by molar-refractivity contribution is 0.386. The lowest BCUT2D eigenvalue weighted by Gasteiger charge is -2.12. The maximum absolute atomic E-state index is 13.5. The number of aromatic nitrogens is 1. The number of ether oxygens (including phenoxy) is 1. The minimum Gasteiger partial charge on any atom is -0.494 e. The number of nitrogens with zero attached hydrogens (tertiary/aromatic N) is 2. The molecule has 1 aromatic heterocycles. The molecule has 0 unspecified atom stereocenters. The summed E-state index contributed by atoms with van der Waals surface area (Å²) in [5.74, 6) is 0.796. The summed E-state index contributed by atoms with van der Waals surface area (Å²) in [5.41, 5.74) is 1.74. The Morgan fingerprint density at radius 1 is 1.25 bits per heavy atom. The second kappa shape index (κ2) is 6.23. The Morgan fingerprint density at radius 3 is 2.60 bits per heavy atom. The van der Waals surface area contributed by atoms with E-state index in [0.717, 1.165) is 17.1 Å². The van der Waals surface area contributed by atoms with E-state index in [1.165, 1.54) is 13.2 Å². The molecule has 0 radical (unpaired) electrons. The molecule has 0 fully saturated rings. The first kappa shape index (κ1) is 14.1. The summed E-state index contributed by atoms with van der Waals surface area (Å²) in [6.07, 6.45) is 1.76. The molecular formula is C15H18FN3O. The van der Waals surface area contributed by atoms with Gasteiger partial charge in [0.2, 0.25) is 0 Å². The molecule has 0 amide bonds. The Morgan fingerprint density at radius 2 is 2.05 bits per heavy atom. The van der Waals surface area contributed by atoms with E-state index in [1.807, 2.05) is 37.2 Å². The molecule has 0 atom stereocenters. The summed E-state index contributed by atoms with van der Waals surface area (Å²) in [6.45, 7) is 0.532. The third-order valence-corrected chi connectivity index (χ3v) is 2.92. The predicted octanol–water partition coefficient (Wildman–Crippen LogP) is 2.91. The quantitative estimate of drug-likeness (QED) is 0.910. The minimum atomic E-state index is -0.354. The minimum absolute atomic E-state index is 0.255. The van der Waals surface area contributed by atoms with Crippen LogP contribution in [0.25, 0.3) is 0 Å². The number of hydrogen-bond acceptors (Lipinski definition) is 4. The lowest BCUT2D eigenvalue weighted by atomic mass is 10.2. The van der Waals surface area contributed by atoms with Crippen LogP contribution in [0.1, 0.15) is 5.56 Å². The van der Waals surface area contributed by atoms with Crippen molar-refractivity contribution in [1.29, 1.82) is 0 Å². The Labute approximate surface area is 118 Å². The number of rotatable bonds is 5. The Bertz CT molecular complexity index is 570. The predicted molar refractivity (Wildman–Crippen MR) is 78.8 cm³/mol. The largest absolute Gasteiger partial charge is 0.494 e. The fraction of sp³-hybridized carbons (Fsp3) is 0.267. The summed E-state index contributed by atoms with van der Waals surface area (Å²) in [7, 11) is 5.33. The highest BCUT2D eigenvalue weighted by molar-refractivity contribution is 5.48. The number of hydrogen-bond donors (Lipinski definition) is 1. The van der Waals surface area contributed by atoms with E-state index < -0.39 is 0 Å². The van der Waals surface area contributed by atoms with Crippen LogP contribution in [-0.2, 0) is 6.54 Å². The van der Waals surface area contributed by atoms with Gasteiger partial charge in [-0.25, -0.2) is 9.37 Å². The summed E-state index contributed by atoms with van der Waals surface area (Å²) < 4.78 is 18.4. The van der Waals surface area contributed by atoms with Crippen LogP contribution in [-0.4, -0.2) is 26.2 Å². The fourth-order valence-corrected chi connectivity index (χ4v) is 1.78. The van der Waals surface area contributed by atoms with E-state index in [9.17, 15) is 4.39 Å². The average molecular weight is 275 g/mol. The number of methoxy groups -OCH3 is 1. The third kappa shape index (κ3) is 3.38. The zero-order chi connectivity index (χ0) is 14.5. The zero-order valence-electron chi connectivity index (χ0n) is 11.9. The van der Waals surface area contributed by atoms with Gasteiger partial charge >= 0.3 is 0 Å². The number of nitrogens with one attached hydrogen (secondary N) is 1. The van der Waals surface area contributed by atoms with Crippen LogP contribution in [0.4, 0.5) is 15.9 Å². The van der Waals surface area contributed by atoms with E-state index in [1.54, 1.807) is 12.3 Å². The number of pyridine rings is 1. The zero-order valence-corrected chi connectivity index (χ0v) is 11.9. The van der Waals surface area contributed by atoms with Crippen LogP contribution in [0.15, 0.2) is 36.5 Å². The van der Waals surface area contributed by atoms with Gasteiger partial charge in [-0.2, -0.15) is 0 Å². The smallest absolute Gasteiger partial charge is 0.165 e. The molecule has 4 nitrogen and oxygen atoms in total. The van der Waals surface area contributed by atoms with Gasteiger partial charge in [0, 0.05) is 20.6 Å². The fourth-order valence-electron chi connectivity index (χ4n) is 1.78. The molecule has 1 heterocycles. The van der Waals surface area contributed by atoms with Crippen molar-refractivity contribution in [2.75, 3.05) is 31.4 Å². The van der Waals surface area contributed by atoms with E-state index >= 15 is 0 Å². The maximum Gasteiger partial charge on any atom is 0.165 e. The van der Waals surface area contributed by atoms with Gasteiger partial charge in [0.15, 0.2) is 11.6 Å². The van der Waals surface area contributed by atoms with Gasteiger partial charge < -0.3 is 15.0 Å². The molecule has 2 rings (SSSR count). The molecule has 0 aliphatic rings. The highest BCUT2D eigenvalue weighted by atomic mass is 19.1. The summed E-state index contributed by atoms with van der Waals surface area (Å²) in [6, 6.07) is 8.79. The highest BCUT2D eigenvalue weighted by Gasteiger charge is 2.03. The standard InChI is InChI=1S/C15H18FN3O/c1-19(2)15-7-5-12(10-18-15)17-9-11-4-6-14(20-3)13(16)8-11/h4-8,10,17H,9H2,1-3H3. The first-order valence-electron chi connectivity index (χ1n) is 6.30. The maximum atomic E-state index is 13.5. The summed E-state index contributed by atoms with van der Waals surface area (Å²) >= 11 is 0. The molecule has 1 aromatic carbocycles. The van der Waals surface area contributed by atoms with Crippen molar-refractivity contribution in [2.45, 2.75) is 6.54 Å². The lowest BCUT2D eigenvalue weighted by Crippen LogP contribution is -2.10. The second-order valence-electron chi connectivity index (χ2n) is 4.62. The topological polar surface area (TPSA) is 37.4 Å². The normalized spacial score (nSPS) is 10.2. The van der Waals surface area contributed by atoms with Crippen LogP contribution >= 0.6 is 0 Å². The SMILES string of the molecule is COc1ccc(CNc2ccc(N(C)C)nc2)cc1F. The second-order valence-corrected chi connectivity index (χ2v) is 4.62. The molecule has 5 heteroatoms. The van der Waals surface area contributed by atoms with Crippen LogP contribution in [0, 0.1) is 5.82 Å². The Hall–Kier alpha value is -2.30. The Balaban J connectivity index is 1.99. The van der Waals surface area contributed by atoms with Gasteiger partial charge in [-0.05, 0) is 29.8 Å². The molecule has 20 heavy (non-hydrogen) atoms. The first-order chi connectivity index (χ1) is 9.60. The number of anilines is 2. The molecule has 0 saturated carbocycles. The number of benzene rings is 1. The van der Waals surface area contributed by atoms with Crippen LogP contribution in [0.5, 0.6) is 5.75 Å². The Kier molecular flexibility index (Phi) is 4.40. The molecule has 1 N–H and O–H groups in total. The third-order valence-electron chi connectivity index (χ3n) is 2.92. The van der Waals surface area contributed by atoms with Gasteiger partial charge in [0.25, 0.3) is 0 Å². The summed E-state index contributed by atoms with van der Waals surface area (Å²) in [4.78, 5) is 6.24. The van der Waals surface area contributed by atoms with Crippen molar-refractivity contribution >= 4 is 11.5 Å². The van der Waals surface area contributed by atoms with Crippen molar-refractivity contribution < 1.29 is 9.13 Å². The van der Waals surface area contributed by atoms with Crippen molar-refractivity contribution in [3.8, 4) is 5.75 Å². The highest BCUT2D eigenvalue weighted by Crippen LogP contribution is 2.19. The van der Waals surface area contributed by atoms with E-state index in [-0.39, 0.29) is 11.6 Å². The van der Waals surface area contributed by atoms with E-state index in [4.69, 9.17) is 4.74 Å². The molecule has 0 saturated heterocycles. The van der Waals surface area contributed by atoms with Gasteiger partial charge in [-0.15, -0.1) is 0 Å². The molecular weight excluding hydrogens is 257 g/mol.